The summed E-state index contributed by atoms with van der Waals surface area (Å²) in [5, 5.41) is 6.62. The third-order valence-electron chi connectivity index (χ3n) is 12.0. The molecular formula is C37H48FN5O9S. The topological polar surface area (TPSA) is 173 Å². The van der Waals surface area contributed by atoms with Gasteiger partial charge in [-0.3, -0.25) is 23.9 Å². The number of nitrogens with one attached hydrogen (secondary N) is 3. The maximum Gasteiger partial charge on any atom is 0.408 e. The number of allylic oxidation sites excluding steroid dienone is 1. The lowest BCUT2D eigenvalue weighted by Gasteiger charge is -2.30. The lowest BCUT2D eigenvalue weighted by atomic mass is 10.0. The van der Waals surface area contributed by atoms with Gasteiger partial charge in [-0.05, 0) is 81.3 Å². The molecule has 4 saturated carbocycles. The zero-order chi connectivity index (χ0) is 36.9. The van der Waals surface area contributed by atoms with Crippen LogP contribution in [-0.4, -0.2) is 90.6 Å². The van der Waals surface area contributed by atoms with Gasteiger partial charge in [-0.15, -0.1) is 0 Å². The van der Waals surface area contributed by atoms with Gasteiger partial charge < -0.3 is 25.0 Å². The highest BCUT2D eigenvalue weighted by Gasteiger charge is 2.62. The first-order valence-electron chi connectivity index (χ1n) is 19.1. The second kappa shape index (κ2) is 14.6. The maximum atomic E-state index is 14.4. The molecule has 1 saturated heterocycles. The van der Waals surface area contributed by atoms with Gasteiger partial charge in [-0.25, -0.2) is 17.6 Å². The summed E-state index contributed by atoms with van der Waals surface area (Å²) in [7, 11) is -3.88. The average Bonchev–Trinajstić information content (AvgIpc) is 4.07. The van der Waals surface area contributed by atoms with Crippen molar-refractivity contribution in [2.75, 3.05) is 13.3 Å². The van der Waals surface area contributed by atoms with Gasteiger partial charge in [0.05, 0.1) is 24.4 Å². The fourth-order valence-corrected chi connectivity index (χ4v) is 9.97. The first kappa shape index (κ1) is 36.4. The van der Waals surface area contributed by atoms with Crippen LogP contribution in [0.2, 0.25) is 0 Å². The van der Waals surface area contributed by atoms with Gasteiger partial charge >= 0.3 is 6.09 Å². The van der Waals surface area contributed by atoms with Crippen LogP contribution in [0.25, 0.3) is 0 Å². The molecule has 8 atom stereocenters. The van der Waals surface area contributed by atoms with Gasteiger partial charge in [0.25, 0.3) is 5.91 Å². The van der Waals surface area contributed by atoms with E-state index in [2.05, 4.69) is 15.4 Å². The number of hydrogen-bond donors (Lipinski definition) is 3. The normalized spacial score (nSPS) is 34.7. The van der Waals surface area contributed by atoms with E-state index in [4.69, 9.17) is 14.3 Å². The first-order valence-corrected chi connectivity index (χ1v) is 20.6. The maximum absolute atomic E-state index is 14.4. The number of rotatable bonds is 9. The lowest BCUT2D eigenvalue weighted by molar-refractivity contribution is -0.239. The summed E-state index contributed by atoms with van der Waals surface area (Å²) >= 11 is 0. The zero-order valence-electron chi connectivity index (χ0n) is 29.7. The molecule has 8 rings (SSSR count). The van der Waals surface area contributed by atoms with Gasteiger partial charge in [0.2, 0.25) is 21.8 Å². The molecule has 288 valence electrons. The van der Waals surface area contributed by atoms with E-state index in [1.54, 1.807) is 11.1 Å². The molecule has 4 aliphatic carbocycles. The largest absolute Gasteiger partial charge is 0.446 e. The standard InChI is InChI=1S/C37H48FN5O9S/c38-30-9-6-7-22-18-42(20-29(22)30)51-21-50-27-16-32-33(44)40-37(35(46)41-53(48,49)28-11-12-28)17-25(37)8-4-2-1-3-5-10-31(34(45)43(32)19-27)39-36(47)52-26-14-23-13-24(23)15-26/h4,6-9,23-28,31-32H,1-3,5,10-21H2,(H,39,47)(H,40,44)(H,41,46)/b8-4-/t23-,24+,25-,26?,27-,31+,32+,37-/m1/s1. The Labute approximate surface area is 308 Å². The van der Waals surface area contributed by atoms with E-state index in [0.717, 1.165) is 31.2 Å². The van der Waals surface area contributed by atoms with Crippen molar-refractivity contribution in [3.8, 4) is 0 Å². The molecule has 1 unspecified atom stereocenters. The summed E-state index contributed by atoms with van der Waals surface area (Å²) in [6, 6.07) is 2.84. The van der Waals surface area contributed by atoms with E-state index in [-0.39, 0.29) is 44.6 Å². The minimum Gasteiger partial charge on any atom is -0.446 e. The predicted molar refractivity (Wildman–Crippen MR) is 186 cm³/mol. The summed E-state index contributed by atoms with van der Waals surface area (Å²) in [6.45, 7) is 0.408. The molecule has 3 heterocycles. The molecule has 7 aliphatic rings. The highest BCUT2D eigenvalue weighted by atomic mass is 32.2. The quantitative estimate of drug-likeness (QED) is 0.251. The molecule has 0 aromatic heterocycles. The number of sulfonamides is 1. The van der Waals surface area contributed by atoms with Gasteiger partial charge in [0, 0.05) is 24.4 Å². The highest BCUT2D eigenvalue weighted by Crippen LogP contribution is 2.52. The number of fused-ring (bicyclic) bond motifs is 4. The number of nitrogens with zero attached hydrogens (tertiary/aromatic N) is 2. The van der Waals surface area contributed by atoms with E-state index in [0.29, 0.717) is 56.0 Å². The summed E-state index contributed by atoms with van der Waals surface area (Å²) < 4.78 is 53.8. The summed E-state index contributed by atoms with van der Waals surface area (Å²) in [6.07, 6.45) is 9.66. The summed E-state index contributed by atoms with van der Waals surface area (Å²) in [4.78, 5) is 62.5. The van der Waals surface area contributed by atoms with E-state index < -0.39 is 68.7 Å². The molecule has 5 fully saturated rings. The van der Waals surface area contributed by atoms with Crippen LogP contribution in [0.1, 0.15) is 88.2 Å². The Morgan fingerprint density at radius 2 is 1.81 bits per heavy atom. The Balaban J connectivity index is 0.985. The number of amides is 4. The van der Waals surface area contributed by atoms with Crippen molar-refractivity contribution in [2.45, 2.75) is 125 Å². The van der Waals surface area contributed by atoms with Crippen molar-refractivity contribution in [1.82, 2.24) is 25.3 Å². The van der Waals surface area contributed by atoms with Crippen LogP contribution < -0.4 is 15.4 Å². The van der Waals surface area contributed by atoms with Gasteiger partial charge in [-0.2, -0.15) is 5.06 Å². The third-order valence-corrected chi connectivity index (χ3v) is 13.9. The van der Waals surface area contributed by atoms with Crippen LogP contribution in [0, 0.1) is 23.6 Å². The molecule has 16 heteroatoms. The van der Waals surface area contributed by atoms with Crippen LogP contribution in [0.3, 0.4) is 0 Å². The molecule has 0 radical (unpaired) electrons. The minimum absolute atomic E-state index is 0.00688. The summed E-state index contributed by atoms with van der Waals surface area (Å²) in [5.74, 6) is -1.38. The van der Waals surface area contributed by atoms with Crippen LogP contribution >= 0.6 is 0 Å². The Morgan fingerprint density at radius 3 is 2.58 bits per heavy atom. The lowest BCUT2D eigenvalue weighted by Crippen LogP contribution is -2.58. The second-order valence-corrected chi connectivity index (χ2v) is 17.9. The third kappa shape index (κ3) is 7.96. The number of alkyl carbamates (subject to hydrolysis) is 1. The highest BCUT2D eigenvalue weighted by molar-refractivity contribution is 7.91. The number of hydroxylamine groups is 2. The number of hydrogen-bond acceptors (Lipinski definition) is 10. The number of carbonyl (C=O) groups is 4. The van der Waals surface area contributed by atoms with Gasteiger partial charge in [0.15, 0.2) is 6.79 Å². The van der Waals surface area contributed by atoms with Gasteiger partial charge in [-0.1, -0.05) is 37.1 Å². The molecule has 14 nitrogen and oxygen atoms in total. The monoisotopic (exact) mass is 757 g/mol. The SMILES string of the molecule is O=C(N[C@H]1CCCCC/C=C\[C@@H]2C[C@@]2(C(=O)NS(=O)(=O)C2CC2)NC(=O)[C@@H]2C[C@@H](OCON3Cc4cccc(F)c4C3)CN2C1=O)OC1C[C@@H]2C[C@@H]2C1. The fourth-order valence-electron chi connectivity index (χ4n) is 8.61. The van der Waals surface area contributed by atoms with E-state index in [9.17, 15) is 32.0 Å². The zero-order valence-corrected chi connectivity index (χ0v) is 30.5. The number of halogens is 1. The van der Waals surface area contributed by atoms with Crippen molar-refractivity contribution >= 4 is 33.8 Å². The molecule has 53 heavy (non-hydrogen) atoms. The molecule has 1 aromatic rings. The van der Waals surface area contributed by atoms with Crippen LogP contribution in [0.4, 0.5) is 9.18 Å². The Kier molecular flexibility index (Phi) is 10.00. The molecule has 3 N–H and O–H groups in total. The van der Waals surface area contributed by atoms with Crippen molar-refractivity contribution in [3.05, 3.63) is 47.3 Å². The van der Waals surface area contributed by atoms with Crippen LogP contribution in [0.15, 0.2) is 30.4 Å². The molecule has 0 bridgehead atoms. The number of ether oxygens (including phenoxy) is 2. The van der Waals surface area contributed by atoms with E-state index >= 15 is 0 Å². The van der Waals surface area contributed by atoms with Crippen molar-refractivity contribution < 1.29 is 46.3 Å². The summed E-state index contributed by atoms with van der Waals surface area (Å²) in [5.41, 5.74) is -0.118. The molecular weight excluding hydrogens is 709 g/mol. The molecule has 1 aromatic carbocycles. The van der Waals surface area contributed by atoms with Crippen LogP contribution in [0.5, 0.6) is 0 Å². The van der Waals surface area contributed by atoms with Crippen molar-refractivity contribution in [3.63, 3.8) is 0 Å². The smallest absolute Gasteiger partial charge is 0.408 e. The molecule has 4 amide bonds. The minimum atomic E-state index is -3.88. The average molecular weight is 758 g/mol. The Morgan fingerprint density at radius 1 is 1.00 bits per heavy atom. The van der Waals surface area contributed by atoms with E-state index in [1.165, 1.54) is 17.4 Å². The van der Waals surface area contributed by atoms with Crippen molar-refractivity contribution in [2.24, 2.45) is 17.8 Å². The first-order chi connectivity index (χ1) is 25.5. The van der Waals surface area contributed by atoms with Crippen molar-refractivity contribution in [1.29, 1.82) is 0 Å². The number of benzene rings is 1. The molecule has 3 aliphatic heterocycles. The number of carbonyl (C=O) groups excluding carboxylic acids is 4. The Bertz CT molecular complexity index is 1760. The predicted octanol–water partition coefficient (Wildman–Crippen LogP) is 2.91. The van der Waals surface area contributed by atoms with Gasteiger partial charge in [0.1, 0.15) is 29.5 Å². The molecule has 0 spiro atoms. The fraction of sp³-hybridized carbons (Fsp3) is 0.676. The second-order valence-electron chi connectivity index (χ2n) is 15.9. The van der Waals surface area contributed by atoms with E-state index in [1.807, 2.05) is 18.2 Å². The van der Waals surface area contributed by atoms with Crippen LogP contribution in [-0.2, 0) is 51.8 Å². The Hall–Kier alpha value is -3.60.